The second-order valence-electron chi connectivity index (χ2n) is 12.2. The number of hydrogen-bond donors (Lipinski definition) is 3. The van der Waals surface area contributed by atoms with Crippen molar-refractivity contribution in [1.82, 2.24) is 20.3 Å². The van der Waals surface area contributed by atoms with Crippen molar-refractivity contribution in [3.63, 3.8) is 0 Å². The average molecular weight is 614 g/mol. The zero-order valence-corrected chi connectivity index (χ0v) is 24.9. The predicted molar refractivity (Wildman–Crippen MR) is 158 cm³/mol. The summed E-state index contributed by atoms with van der Waals surface area (Å²) >= 11 is 0. The molecule has 232 valence electrons. The minimum atomic E-state index is -3.82. The van der Waals surface area contributed by atoms with E-state index in [4.69, 9.17) is 4.74 Å². The van der Waals surface area contributed by atoms with Gasteiger partial charge in [0.2, 0.25) is 15.9 Å². The molecule has 6 rings (SSSR count). The summed E-state index contributed by atoms with van der Waals surface area (Å²) in [7, 11) is -3.82. The van der Waals surface area contributed by atoms with E-state index in [0.717, 1.165) is 49.8 Å². The minimum absolute atomic E-state index is 0.0176. The van der Waals surface area contributed by atoms with Crippen LogP contribution in [0.3, 0.4) is 0 Å². The van der Waals surface area contributed by atoms with Gasteiger partial charge in [0.1, 0.15) is 17.7 Å². The normalized spacial score (nSPS) is 30.3. The number of anilines is 1. The van der Waals surface area contributed by atoms with Gasteiger partial charge in [-0.3, -0.25) is 19.2 Å². The first kappa shape index (κ1) is 29.5. The molecule has 43 heavy (non-hydrogen) atoms. The molecular formula is C30H39N5O7S. The Morgan fingerprint density at radius 1 is 1.07 bits per heavy atom. The van der Waals surface area contributed by atoms with Crippen LogP contribution in [0.15, 0.2) is 36.4 Å². The molecule has 1 aromatic rings. The highest BCUT2D eigenvalue weighted by Gasteiger charge is 2.62. The number of nitrogens with zero attached hydrogens (tertiary/aromatic N) is 2. The van der Waals surface area contributed by atoms with Crippen LogP contribution < -0.4 is 20.3 Å². The Hall–Kier alpha value is -3.61. The molecule has 0 aromatic heterocycles. The highest BCUT2D eigenvalue weighted by Crippen LogP contribution is 2.46. The molecule has 3 heterocycles. The lowest BCUT2D eigenvalue weighted by Gasteiger charge is -2.29. The molecule has 2 saturated carbocycles. The fourth-order valence-electron chi connectivity index (χ4n) is 6.37. The number of para-hydroxylation sites is 1. The summed E-state index contributed by atoms with van der Waals surface area (Å²) in [6.45, 7) is 0.965. The molecule has 0 radical (unpaired) electrons. The number of rotatable bonds is 4. The smallest absolute Gasteiger partial charge is 0.414 e. The number of sulfonamides is 1. The third kappa shape index (κ3) is 6.22. The lowest BCUT2D eigenvalue weighted by molar-refractivity contribution is -0.131. The molecule has 3 N–H and O–H groups in total. The summed E-state index contributed by atoms with van der Waals surface area (Å²) in [5.74, 6) is -1.71. The SMILES string of the molecule is O=C1NC2(C(=O)NS(=O)(=O)C3CC3)CC2/C=C\CCCCCNC(=O)N2CC(OC(=O)N3CCCc4ccccc43)CC12. The van der Waals surface area contributed by atoms with Crippen molar-refractivity contribution in [1.29, 1.82) is 0 Å². The third-order valence-electron chi connectivity index (χ3n) is 9.08. The maximum Gasteiger partial charge on any atom is 0.414 e. The van der Waals surface area contributed by atoms with Crippen LogP contribution in [0.2, 0.25) is 0 Å². The first-order valence-electron chi connectivity index (χ1n) is 15.3. The molecule has 4 atom stereocenters. The molecule has 13 heteroatoms. The lowest BCUT2D eigenvalue weighted by Crippen LogP contribution is -2.57. The van der Waals surface area contributed by atoms with E-state index in [1.54, 1.807) is 4.90 Å². The number of amides is 5. The van der Waals surface area contributed by atoms with Crippen molar-refractivity contribution in [3.8, 4) is 0 Å². The molecule has 5 aliphatic rings. The van der Waals surface area contributed by atoms with E-state index in [2.05, 4.69) is 15.4 Å². The van der Waals surface area contributed by atoms with E-state index in [0.29, 0.717) is 25.9 Å². The van der Waals surface area contributed by atoms with Crippen molar-refractivity contribution in [3.05, 3.63) is 42.0 Å². The van der Waals surface area contributed by atoms with E-state index >= 15 is 0 Å². The predicted octanol–water partition coefficient (Wildman–Crippen LogP) is 2.34. The third-order valence-corrected chi connectivity index (χ3v) is 10.9. The molecule has 1 aromatic carbocycles. The minimum Gasteiger partial charge on any atom is -0.444 e. The maximum atomic E-state index is 13.8. The zero-order valence-electron chi connectivity index (χ0n) is 24.1. The Morgan fingerprint density at radius 2 is 1.88 bits per heavy atom. The highest BCUT2D eigenvalue weighted by molar-refractivity contribution is 7.91. The summed E-state index contributed by atoms with van der Waals surface area (Å²) in [5, 5.41) is 5.11. The van der Waals surface area contributed by atoms with E-state index in [-0.39, 0.29) is 25.3 Å². The number of carbonyl (C=O) groups excluding carboxylic acids is 4. The number of aryl methyl sites for hydroxylation is 1. The van der Waals surface area contributed by atoms with Gasteiger partial charge in [-0.1, -0.05) is 36.8 Å². The molecular weight excluding hydrogens is 574 g/mol. The van der Waals surface area contributed by atoms with Crippen molar-refractivity contribution in [2.24, 2.45) is 5.92 Å². The summed E-state index contributed by atoms with van der Waals surface area (Å²) < 4.78 is 33.3. The number of nitrogens with one attached hydrogen (secondary N) is 3. The van der Waals surface area contributed by atoms with Crippen LogP contribution in [0.5, 0.6) is 0 Å². The lowest BCUT2D eigenvalue weighted by atomic mass is 10.0. The Bertz CT molecular complexity index is 1430. The van der Waals surface area contributed by atoms with Gasteiger partial charge in [0, 0.05) is 25.4 Å². The monoisotopic (exact) mass is 613 g/mol. The van der Waals surface area contributed by atoms with E-state index in [9.17, 15) is 27.6 Å². The Balaban J connectivity index is 1.20. The summed E-state index contributed by atoms with van der Waals surface area (Å²) in [6, 6.07) is 6.21. The number of hydrogen-bond acceptors (Lipinski definition) is 7. The molecule has 0 bridgehead atoms. The van der Waals surface area contributed by atoms with Gasteiger partial charge in [0.05, 0.1) is 17.5 Å². The van der Waals surface area contributed by atoms with Crippen LogP contribution >= 0.6 is 0 Å². The second kappa shape index (κ2) is 11.8. The van der Waals surface area contributed by atoms with Gasteiger partial charge in [-0.15, -0.1) is 0 Å². The summed E-state index contributed by atoms with van der Waals surface area (Å²) in [4.78, 5) is 56.7. The van der Waals surface area contributed by atoms with E-state index < -0.39 is 56.9 Å². The molecule has 2 aliphatic carbocycles. The molecule has 3 fully saturated rings. The van der Waals surface area contributed by atoms with Crippen LogP contribution in [0.25, 0.3) is 0 Å². The maximum absolute atomic E-state index is 13.8. The average Bonchev–Trinajstić information content (AvgIpc) is 3.91. The van der Waals surface area contributed by atoms with Crippen LogP contribution in [0.1, 0.15) is 63.4 Å². The number of urea groups is 1. The quantitative estimate of drug-likeness (QED) is 0.441. The number of ether oxygens (including phenoxy) is 1. The van der Waals surface area contributed by atoms with Crippen LogP contribution in [-0.2, 0) is 30.8 Å². The molecule has 0 spiro atoms. The fraction of sp³-hybridized carbons (Fsp3) is 0.600. The first-order chi connectivity index (χ1) is 20.7. The Labute approximate surface area is 251 Å². The molecule has 4 unspecified atom stereocenters. The molecule has 3 aliphatic heterocycles. The zero-order chi connectivity index (χ0) is 30.2. The van der Waals surface area contributed by atoms with E-state index in [1.807, 2.05) is 36.4 Å². The van der Waals surface area contributed by atoms with Crippen molar-refractivity contribution >= 4 is 39.6 Å². The van der Waals surface area contributed by atoms with Gasteiger partial charge in [-0.05, 0) is 63.0 Å². The number of benzene rings is 1. The Kier molecular flexibility index (Phi) is 8.10. The van der Waals surface area contributed by atoms with Crippen LogP contribution in [0, 0.1) is 5.92 Å². The second-order valence-corrected chi connectivity index (χ2v) is 14.2. The van der Waals surface area contributed by atoms with Gasteiger partial charge in [0.25, 0.3) is 5.91 Å². The molecule has 1 saturated heterocycles. The van der Waals surface area contributed by atoms with Crippen molar-refractivity contribution < 1.29 is 32.3 Å². The highest BCUT2D eigenvalue weighted by atomic mass is 32.2. The topological polar surface area (TPSA) is 154 Å². The van der Waals surface area contributed by atoms with Gasteiger partial charge >= 0.3 is 12.1 Å². The van der Waals surface area contributed by atoms with E-state index in [1.165, 1.54) is 4.90 Å². The van der Waals surface area contributed by atoms with Crippen molar-refractivity contribution in [2.75, 3.05) is 24.5 Å². The standard InChI is InChI=1S/C30H39N5O7S/c36-26-25-17-22(42-29(39)34-16-8-10-20-9-5-6-12-24(20)34)19-35(25)28(38)31-15-7-3-1-2-4-11-21-18-30(21,32-26)27(37)33-43(40,41)23-13-14-23/h4-6,9,11-12,21-23,25H,1-3,7-8,10,13-19H2,(H,31,38)(H,32,36)(H,33,37)/b11-4-. The fourth-order valence-corrected chi connectivity index (χ4v) is 7.74. The van der Waals surface area contributed by atoms with Crippen LogP contribution in [0.4, 0.5) is 15.3 Å². The number of carbonyl (C=O) groups is 4. The van der Waals surface area contributed by atoms with Gasteiger partial charge in [-0.2, -0.15) is 0 Å². The molecule has 12 nitrogen and oxygen atoms in total. The largest absolute Gasteiger partial charge is 0.444 e. The van der Waals surface area contributed by atoms with Crippen molar-refractivity contribution in [2.45, 2.75) is 87.1 Å². The number of allylic oxidation sites excluding steroid dienone is 1. The van der Waals surface area contributed by atoms with Gasteiger partial charge in [-0.25, -0.2) is 18.0 Å². The summed E-state index contributed by atoms with van der Waals surface area (Å²) in [6.07, 6.45) is 8.88. The Morgan fingerprint density at radius 3 is 2.70 bits per heavy atom. The molecule has 5 amide bonds. The number of fused-ring (bicyclic) bond motifs is 3. The summed E-state index contributed by atoms with van der Waals surface area (Å²) in [5.41, 5.74) is 0.428. The van der Waals surface area contributed by atoms with Gasteiger partial charge < -0.3 is 20.3 Å². The van der Waals surface area contributed by atoms with Crippen LogP contribution in [-0.4, -0.2) is 79.8 Å². The first-order valence-corrected chi connectivity index (χ1v) is 16.9. The van der Waals surface area contributed by atoms with Gasteiger partial charge in [0.15, 0.2) is 0 Å².